The number of nitriles is 1. The van der Waals surface area contributed by atoms with Crippen molar-refractivity contribution >= 4 is 5.69 Å². The lowest BCUT2D eigenvalue weighted by Gasteiger charge is -2.13. The lowest BCUT2D eigenvalue weighted by Crippen LogP contribution is -2.29. The second kappa shape index (κ2) is 8.22. The Hall–Kier alpha value is -2.13. The Morgan fingerprint density at radius 2 is 2.19 bits per heavy atom. The first-order chi connectivity index (χ1) is 9.99. The number of hydrogen-bond acceptors (Lipinski definition) is 5. The van der Waals surface area contributed by atoms with Crippen molar-refractivity contribution in [2.75, 3.05) is 13.2 Å². The highest BCUT2D eigenvalue weighted by atomic mass is 16.6. The molecule has 0 bridgehead atoms. The van der Waals surface area contributed by atoms with Crippen LogP contribution in [0.15, 0.2) is 12.1 Å². The molecule has 6 heteroatoms. The number of nitrogens with zero attached hydrogens (tertiary/aromatic N) is 2. The molecular weight excluding hydrogens is 270 g/mol. The quantitative estimate of drug-likeness (QED) is 0.587. The van der Waals surface area contributed by atoms with Crippen LogP contribution in [0.25, 0.3) is 0 Å². The van der Waals surface area contributed by atoms with Crippen LogP contribution < -0.4 is 10.1 Å². The zero-order valence-electron chi connectivity index (χ0n) is 12.7. The van der Waals surface area contributed by atoms with Crippen molar-refractivity contribution in [1.29, 1.82) is 5.26 Å². The van der Waals surface area contributed by atoms with Crippen molar-refractivity contribution in [2.45, 2.75) is 39.7 Å². The molecular formula is C15H21N3O3. The van der Waals surface area contributed by atoms with E-state index >= 15 is 0 Å². The van der Waals surface area contributed by atoms with E-state index in [1.165, 1.54) is 6.07 Å². The fourth-order valence-electron chi connectivity index (χ4n) is 2.06. The summed E-state index contributed by atoms with van der Waals surface area (Å²) in [5, 5.41) is 23.2. The summed E-state index contributed by atoms with van der Waals surface area (Å²) in [6, 6.07) is 5.21. The number of nitro benzene ring substituents is 1. The molecule has 1 aromatic rings. The van der Waals surface area contributed by atoms with E-state index in [2.05, 4.69) is 11.4 Å². The van der Waals surface area contributed by atoms with Crippen molar-refractivity contribution < 1.29 is 9.66 Å². The van der Waals surface area contributed by atoms with E-state index in [9.17, 15) is 10.1 Å². The van der Waals surface area contributed by atoms with Crippen molar-refractivity contribution in [1.82, 2.24) is 5.32 Å². The summed E-state index contributed by atoms with van der Waals surface area (Å²) in [6.07, 6.45) is 1.43. The van der Waals surface area contributed by atoms with Crippen LogP contribution in [0.1, 0.15) is 30.9 Å². The standard InChI is InChI=1S/C15H21N3O3/c1-4-6-17-13(10-16)5-7-21-15-12(3)8-11(2)9-14(15)18(19)20/h8-9,13,17H,4-7H2,1-3H3. The van der Waals surface area contributed by atoms with Crippen LogP contribution in [0.2, 0.25) is 0 Å². The largest absolute Gasteiger partial charge is 0.487 e. The molecule has 1 atom stereocenters. The molecule has 1 N–H and O–H groups in total. The van der Waals surface area contributed by atoms with Crippen LogP contribution in [0, 0.1) is 35.3 Å². The van der Waals surface area contributed by atoms with Gasteiger partial charge in [0.25, 0.3) is 0 Å². The summed E-state index contributed by atoms with van der Waals surface area (Å²) in [5.41, 5.74) is 1.53. The summed E-state index contributed by atoms with van der Waals surface area (Å²) in [4.78, 5) is 10.6. The third kappa shape index (κ3) is 5.04. The molecule has 114 valence electrons. The highest BCUT2D eigenvalue weighted by Crippen LogP contribution is 2.32. The third-order valence-corrected chi connectivity index (χ3v) is 3.05. The third-order valence-electron chi connectivity index (χ3n) is 3.05. The molecule has 0 aliphatic rings. The van der Waals surface area contributed by atoms with Gasteiger partial charge in [-0.3, -0.25) is 10.1 Å². The average molecular weight is 291 g/mol. The molecule has 0 amide bonds. The molecule has 0 heterocycles. The number of hydrogen-bond donors (Lipinski definition) is 1. The minimum absolute atomic E-state index is 0.0254. The Morgan fingerprint density at radius 3 is 2.76 bits per heavy atom. The predicted octanol–water partition coefficient (Wildman–Crippen LogP) is 2.87. The average Bonchev–Trinajstić information content (AvgIpc) is 2.43. The van der Waals surface area contributed by atoms with Crippen LogP contribution in [-0.2, 0) is 0 Å². The molecule has 0 saturated heterocycles. The molecule has 0 aliphatic heterocycles. The summed E-state index contributed by atoms with van der Waals surface area (Å²) in [5.74, 6) is 0.290. The number of benzene rings is 1. The minimum atomic E-state index is -0.438. The van der Waals surface area contributed by atoms with E-state index in [0.29, 0.717) is 6.42 Å². The molecule has 0 saturated carbocycles. The molecule has 1 aromatic carbocycles. The number of rotatable bonds is 8. The van der Waals surface area contributed by atoms with Crippen molar-refractivity contribution in [3.63, 3.8) is 0 Å². The molecule has 0 aliphatic carbocycles. The lowest BCUT2D eigenvalue weighted by molar-refractivity contribution is -0.386. The molecule has 1 rings (SSSR count). The van der Waals surface area contributed by atoms with Gasteiger partial charge in [-0.1, -0.05) is 13.0 Å². The zero-order valence-corrected chi connectivity index (χ0v) is 12.7. The number of nitro groups is 1. The lowest BCUT2D eigenvalue weighted by atomic mass is 10.1. The minimum Gasteiger partial charge on any atom is -0.487 e. The second-order valence-electron chi connectivity index (χ2n) is 4.96. The van der Waals surface area contributed by atoms with Gasteiger partial charge in [0.15, 0.2) is 5.75 Å². The molecule has 0 radical (unpaired) electrons. The van der Waals surface area contributed by atoms with Crippen molar-refractivity contribution in [2.24, 2.45) is 0 Å². The van der Waals surface area contributed by atoms with Gasteiger partial charge in [-0.2, -0.15) is 5.26 Å². The van der Waals surface area contributed by atoms with Crippen LogP contribution in [0.4, 0.5) is 5.69 Å². The maximum absolute atomic E-state index is 11.1. The highest BCUT2D eigenvalue weighted by molar-refractivity contribution is 5.53. The van der Waals surface area contributed by atoms with Gasteiger partial charge in [-0.25, -0.2) is 0 Å². The van der Waals surface area contributed by atoms with Gasteiger partial charge >= 0.3 is 5.69 Å². The Kier molecular flexibility index (Phi) is 6.63. The summed E-state index contributed by atoms with van der Waals surface area (Å²) < 4.78 is 5.56. The number of aryl methyl sites for hydroxylation is 2. The summed E-state index contributed by atoms with van der Waals surface area (Å²) >= 11 is 0. The van der Waals surface area contributed by atoms with Gasteiger partial charge in [-0.15, -0.1) is 0 Å². The Labute approximate surface area is 124 Å². The molecule has 0 spiro atoms. The fraction of sp³-hybridized carbons (Fsp3) is 0.533. The summed E-state index contributed by atoms with van der Waals surface area (Å²) in [6.45, 7) is 6.65. The Bertz CT molecular complexity index is 538. The van der Waals surface area contributed by atoms with Gasteiger partial charge in [0.1, 0.15) is 0 Å². The van der Waals surface area contributed by atoms with E-state index in [1.54, 1.807) is 6.92 Å². The first-order valence-electron chi connectivity index (χ1n) is 7.01. The first-order valence-corrected chi connectivity index (χ1v) is 7.01. The van der Waals surface area contributed by atoms with Gasteiger partial charge in [-0.05, 0) is 37.9 Å². The molecule has 1 unspecified atom stereocenters. The monoisotopic (exact) mass is 291 g/mol. The summed E-state index contributed by atoms with van der Waals surface area (Å²) in [7, 11) is 0. The van der Waals surface area contributed by atoms with E-state index < -0.39 is 4.92 Å². The predicted molar refractivity (Wildman–Crippen MR) is 80.4 cm³/mol. The first kappa shape index (κ1) is 16.9. The van der Waals surface area contributed by atoms with Crippen LogP contribution in [-0.4, -0.2) is 24.1 Å². The van der Waals surface area contributed by atoms with Gasteiger partial charge in [0.05, 0.1) is 23.6 Å². The molecule has 0 fully saturated rings. The van der Waals surface area contributed by atoms with Gasteiger partial charge in [0.2, 0.25) is 0 Å². The SMILES string of the molecule is CCCNC(C#N)CCOc1c(C)cc(C)cc1[N+](=O)[O-]. The van der Waals surface area contributed by atoms with Gasteiger partial charge in [0, 0.05) is 12.5 Å². The van der Waals surface area contributed by atoms with E-state index in [4.69, 9.17) is 10.00 Å². The maximum atomic E-state index is 11.1. The van der Waals surface area contributed by atoms with Crippen molar-refractivity contribution in [3.05, 3.63) is 33.4 Å². The Morgan fingerprint density at radius 1 is 1.48 bits per heavy atom. The van der Waals surface area contributed by atoms with E-state index in [1.807, 2.05) is 19.9 Å². The van der Waals surface area contributed by atoms with E-state index in [0.717, 1.165) is 24.1 Å². The maximum Gasteiger partial charge on any atom is 0.311 e. The van der Waals surface area contributed by atoms with Crippen LogP contribution >= 0.6 is 0 Å². The topological polar surface area (TPSA) is 88.2 Å². The molecule has 0 aromatic heterocycles. The molecule has 6 nitrogen and oxygen atoms in total. The van der Waals surface area contributed by atoms with Crippen molar-refractivity contribution in [3.8, 4) is 11.8 Å². The highest BCUT2D eigenvalue weighted by Gasteiger charge is 2.19. The van der Waals surface area contributed by atoms with Gasteiger partial charge < -0.3 is 10.1 Å². The van der Waals surface area contributed by atoms with E-state index in [-0.39, 0.29) is 24.1 Å². The van der Waals surface area contributed by atoms with Crippen LogP contribution in [0.3, 0.4) is 0 Å². The number of nitrogens with one attached hydrogen (secondary N) is 1. The number of ether oxygens (including phenoxy) is 1. The smallest absolute Gasteiger partial charge is 0.311 e. The Balaban J connectivity index is 2.71. The zero-order chi connectivity index (χ0) is 15.8. The van der Waals surface area contributed by atoms with Crippen LogP contribution in [0.5, 0.6) is 5.75 Å². The second-order valence-corrected chi connectivity index (χ2v) is 4.96. The normalized spacial score (nSPS) is 11.7. The molecule has 21 heavy (non-hydrogen) atoms. The fourth-order valence-corrected chi connectivity index (χ4v) is 2.06.